The van der Waals surface area contributed by atoms with Crippen molar-refractivity contribution >= 4 is 17.2 Å². The molecule has 1 aromatic carbocycles. The van der Waals surface area contributed by atoms with Crippen LogP contribution in [0.25, 0.3) is 0 Å². The highest BCUT2D eigenvalue weighted by Crippen LogP contribution is 2.05. The fourth-order valence-corrected chi connectivity index (χ4v) is 1.96. The van der Waals surface area contributed by atoms with Crippen LogP contribution in [0, 0.1) is 0 Å². The summed E-state index contributed by atoms with van der Waals surface area (Å²) in [7, 11) is 0. The van der Waals surface area contributed by atoms with E-state index in [2.05, 4.69) is 10.3 Å². The summed E-state index contributed by atoms with van der Waals surface area (Å²) in [6.07, 6.45) is 2.67. The summed E-state index contributed by atoms with van der Waals surface area (Å²) in [6, 6.07) is 9.23. The average molecular weight is 232 g/mol. The van der Waals surface area contributed by atoms with Gasteiger partial charge >= 0.3 is 0 Å². The van der Waals surface area contributed by atoms with E-state index in [1.165, 1.54) is 4.88 Å². The van der Waals surface area contributed by atoms with Crippen molar-refractivity contribution in [3.05, 3.63) is 52.5 Å². The van der Waals surface area contributed by atoms with E-state index in [4.69, 9.17) is 0 Å². The third-order valence-electron chi connectivity index (χ3n) is 2.18. The predicted molar refractivity (Wildman–Crippen MR) is 64.6 cm³/mol. The lowest BCUT2D eigenvalue weighted by atomic mass is 10.2. The molecule has 0 bridgehead atoms. The third-order valence-corrected chi connectivity index (χ3v) is 3.02. The van der Waals surface area contributed by atoms with E-state index >= 15 is 0 Å². The summed E-state index contributed by atoms with van der Waals surface area (Å²) in [4.78, 5) is 16.8. The van der Waals surface area contributed by atoms with E-state index in [9.17, 15) is 4.79 Å². The number of carbonyl (C=O) groups is 1. The predicted octanol–water partition coefficient (Wildman–Crippen LogP) is 2.12. The molecule has 0 aliphatic rings. The second-order valence-corrected chi connectivity index (χ2v) is 4.31. The van der Waals surface area contributed by atoms with Gasteiger partial charge in [-0.05, 0) is 12.1 Å². The van der Waals surface area contributed by atoms with Crippen molar-refractivity contribution in [2.24, 2.45) is 0 Å². The number of rotatable bonds is 4. The van der Waals surface area contributed by atoms with Crippen LogP contribution in [-0.4, -0.2) is 17.4 Å². The van der Waals surface area contributed by atoms with Crippen LogP contribution in [-0.2, 0) is 6.42 Å². The van der Waals surface area contributed by atoms with Gasteiger partial charge in [0.05, 0.1) is 5.51 Å². The number of thiazole rings is 1. The highest BCUT2D eigenvalue weighted by Gasteiger charge is 2.03. The lowest BCUT2D eigenvalue weighted by molar-refractivity contribution is 0.0954. The number of hydrogen-bond acceptors (Lipinski definition) is 3. The molecule has 4 heteroatoms. The number of carbonyl (C=O) groups excluding carboxylic acids is 1. The molecule has 1 aromatic heterocycles. The Balaban J connectivity index is 1.81. The van der Waals surface area contributed by atoms with Gasteiger partial charge in [-0.1, -0.05) is 18.2 Å². The van der Waals surface area contributed by atoms with Gasteiger partial charge in [-0.15, -0.1) is 11.3 Å². The van der Waals surface area contributed by atoms with Gasteiger partial charge in [-0.3, -0.25) is 9.78 Å². The Morgan fingerprint density at radius 1 is 1.31 bits per heavy atom. The zero-order valence-electron chi connectivity index (χ0n) is 8.72. The molecular formula is C12H12N2OS. The van der Waals surface area contributed by atoms with E-state index in [-0.39, 0.29) is 5.91 Å². The highest BCUT2D eigenvalue weighted by molar-refractivity contribution is 7.09. The zero-order chi connectivity index (χ0) is 11.2. The first kappa shape index (κ1) is 10.8. The van der Waals surface area contributed by atoms with Crippen LogP contribution < -0.4 is 5.32 Å². The Kier molecular flexibility index (Phi) is 3.66. The molecule has 0 aliphatic carbocycles. The Labute approximate surface area is 98.2 Å². The number of amides is 1. The van der Waals surface area contributed by atoms with Crippen LogP contribution >= 0.6 is 11.3 Å². The van der Waals surface area contributed by atoms with Crippen LogP contribution in [0.2, 0.25) is 0 Å². The smallest absolute Gasteiger partial charge is 0.251 e. The SMILES string of the molecule is O=C(NCCc1cncs1)c1ccccc1. The summed E-state index contributed by atoms with van der Waals surface area (Å²) >= 11 is 1.61. The minimum absolute atomic E-state index is 0.0230. The first-order chi connectivity index (χ1) is 7.86. The second-order valence-electron chi connectivity index (χ2n) is 3.34. The quantitative estimate of drug-likeness (QED) is 0.877. The van der Waals surface area contributed by atoms with Crippen LogP contribution in [0.1, 0.15) is 15.2 Å². The fourth-order valence-electron chi connectivity index (χ4n) is 1.36. The van der Waals surface area contributed by atoms with Gasteiger partial charge in [0.2, 0.25) is 0 Å². The molecule has 0 saturated heterocycles. The zero-order valence-corrected chi connectivity index (χ0v) is 9.54. The lowest BCUT2D eigenvalue weighted by Gasteiger charge is -2.03. The molecule has 2 rings (SSSR count). The standard InChI is InChI=1S/C12H12N2OS/c15-12(10-4-2-1-3-5-10)14-7-6-11-8-13-9-16-11/h1-5,8-9H,6-7H2,(H,14,15). The monoisotopic (exact) mass is 232 g/mol. The van der Waals surface area contributed by atoms with Gasteiger partial charge in [0.25, 0.3) is 5.91 Å². The van der Waals surface area contributed by atoms with E-state index in [0.29, 0.717) is 12.1 Å². The summed E-state index contributed by atoms with van der Waals surface area (Å²) in [5, 5.41) is 2.88. The van der Waals surface area contributed by atoms with Crippen LogP contribution in [0.3, 0.4) is 0 Å². The normalized spacial score (nSPS) is 10.0. The van der Waals surface area contributed by atoms with Crippen molar-refractivity contribution in [3.8, 4) is 0 Å². The van der Waals surface area contributed by atoms with Crippen molar-refractivity contribution < 1.29 is 4.79 Å². The molecule has 0 aliphatic heterocycles. The van der Waals surface area contributed by atoms with Gasteiger partial charge < -0.3 is 5.32 Å². The van der Waals surface area contributed by atoms with Gasteiger partial charge in [0.1, 0.15) is 0 Å². The number of nitrogens with one attached hydrogen (secondary N) is 1. The molecule has 0 saturated carbocycles. The fraction of sp³-hybridized carbons (Fsp3) is 0.167. The Hall–Kier alpha value is -1.68. The minimum atomic E-state index is -0.0230. The second kappa shape index (κ2) is 5.42. The largest absolute Gasteiger partial charge is 0.352 e. The van der Waals surface area contributed by atoms with Gasteiger partial charge in [0.15, 0.2) is 0 Å². The Bertz CT molecular complexity index is 439. The molecule has 16 heavy (non-hydrogen) atoms. The molecule has 0 unspecified atom stereocenters. The topological polar surface area (TPSA) is 42.0 Å². The van der Waals surface area contributed by atoms with Crippen molar-refractivity contribution in [1.82, 2.24) is 10.3 Å². The third kappa shape index (κ3) is 2.90. The maximum Gasteiger partial charge on any atom is 0.251 e. The number of hydrogen-bond donors (Lipinski definition) is 1. The molecule has 0 atom stereocenters. The van der Waals surface area contributed by atoms with E-state index < -0.39 is 0 Å². The lowest BCUT2D eigenvalue weighted by Crippen LogP contribution is -2.25. The molecule has 1 N–H and O–H groups in total. The maximum atomic E-state index is 11.6. The van der Waals surface area contributed by atoms with E-state index in [1.54, 1.807) is 16.8 Å². The van der Waals surface area contributed by atoms with E-state index in [0.717, 1.165) is 6.42 Å². The van der Waals surface area contributed by atoms with E-state index in [1.807, 2.05) is 36.5 Å². The number of nitrogens with zero attached hydrogens (tertiary/aromatic N) is 1. The molecule has 2 aromatic rings. The molecule has 0 spiro atoms. The summed E-state index contributed by atoms with van der Waals surface area (Å²) in [6.45, 7) is 0.649. The first-order valence-electron chi connectivity index (χ1n) is 5.07. The van der Waals surface area contributed by atoms with Crippen molar-refractivity contribution in [1.29, 1.82) is 0 Å². The van der Waals surface area contributed by atoms with Crippen LogP contribution in [0.4, 0.5) is 0 Å². The summed E-state index contributed by atoms with van der Waals surface area (Å²) in [5.74, 6) is -0.0230. The van der Waals surface area contributed by atoms with Gasteiger partial charge in [-0.25, -0.2) is 0 Å². The molecular weight excluding hydrogens is 220 g/mol. The Morgan fingerprint density at radius 2 is 2.12 bits per heavy atom. The summed E-state index contributed by atoms with van der Waals surface area (Å²) in [5.41, 5.74) is 2.50. The maximum absolute atomic E-state index is 11.6. The number of aromatic nitrogens is 1. The van der Waals surface area contributed by atoms with Crippen molar-refractivity contribution in [2.45, 2.75) is 6.42 Å². The molecule has 1 amide bonds. The summed E-state index contributed by atoms with van der Waals surface area (Å²) < 4.78 is 0. The first-order valence-corrected chi connectivity index (χ1v) is 5.95. The molecule has 1 heterocycles. The van der Waals surface area contributed by atoms with Crippen molar-refractivity contribution in [2.75, 3.05) is 6.54 Å². The molecule has 0 fully saturated rings. The van der Waals surface area contributed by atoms with Crippen molar-refractivity contribution in [3.63, 3.8) is 0 Å². The van der Waals surface area contributed by atoms with Gasteiger partial charge in [0, 0.05) is 29.6 Å². The molecule has 3 nitrogen and oxygen atoms in total. The average Bonchev–Trinajstić information content (AvgIpc) is 2.83. The number of benzene rings is 1. The van der Waals surface area contributed by atoms with Gasteiger partial charge in [-0.2, -0.15) is 0 Å². The minimum Gasteiger partial charge on any atom is -0.352 e. The van der Waals surface area contributed by atoms with Crippen LogP contribution in [0.5, 0.6) is 0 Å². The molecule has 82 valence electrons. The highest BCUT2D eigenvalue weighted by atomic mass is 32.1. The Morgan fingerprint density at radius 3 is 2.81 bits per heavy atom. The van der Waals surface area contributed by atoms with Crippen LogP contribution in [0.15, 0.2) is 42.0 Å². The molecule has 0 radical (unpaired) electrons.